The van der Waals surface area contributed by atoms with Gasteiger partial charge in [0.25, 0.3) is 0 Å². The molecule has 0 radical (unpaired) electrons. The van der Waals surface area contributed by atoms with Gasteiger partial charge >= 0.3 is 0 Å². The smallest absolute Gasteiger partial charge is 0.246 e. The molecule has 0 aromatic heterocycles. The molecule has 0 saturated heterocycles. The number of rotatable bonds is 9. The monoisotopic (exact) mass is 244 g/mol. The van der Waals surface area contributed by atoms with Crippen LogP contribution in [0.15, 0.2) is 0 Å². The molecule has 0 rings (SSSR count). The maximum absolute atomic E-state index is 11.7. The van der Waals surface area contributed by atoms with E-state index in [1.807, 2.05) is 6.92 Å². The van der Waals surface area contributed by atoms with Gasteiger partial charge in [-0.2, -0.15) is 0 Å². The van der Waals surface area contributed by atoms with Crippen LogP contribution in [-0.4, -0.2) is 31.2 Å². The summed E-state index contributed by atoms with van der Waals surface area (Å²) in [4.78, 5) is 11.7. The van der Waals surface area contributed by atoms with Crippen molar-refractivity contribution in [3.05, 3.63) is 0 Å². The Bertz CT molecular complexity index is 219. The second-order valence-corrected chi connectivity index (χ2v) is 5.08. The zero-order chi connectivity index (χ0) is 13.3. The number of nitrogens with one attached hydrogen (secondary N) is 1. The summed E-state index contributed by atoms with van der Waals surface area (Å²) < 4.78 is 5.31. The summed E-state index contributed by atoms with van der Waals surface area (Å²) in [5.41, 5.74) is 5.35. The van der Waals surface area contributed by atoms with Crippen LogP contribution in [0, 0.1) is 5.92 Å². The molecule has 0 heterocycles. The number of hydrogen-bond acceptors (Lipinski definition) is 3. The molecule has 0 bridgehead atoms. The fraction of sp³-hybridized carbons (Fsp3) is 0.923. The summed E-state index contributed by atoms with van der Waals surface area (Å²) in [6.45, 7) is 9.43. The Morgan fingerprint density at radius 3 is 2.53 bits per heavy atom. The van der Waals surface area contributed by atoms with Crippen LogP contribution in [0.5, 0.6) is 0 Å². The van der Waals surface area contributed by atoms with Crippen LogP contribution in [0.1, 0.15) is 47.0 Å². The van der Waals surface area contributed by atoms with Crippen molar-refractivity contribution in [1.82, 2.24) is 5.32 Å². The lowest BCUT2D eigenvalue weighted by molar-refractivity contribution is -0.128. The molecule has 3 N–H and O–H groups in total. The number of amides is 1. The summed E-state index contributed by atoms with van der Waals surface area (Å²) in [7, 11) is 0. The molecule has 0 aliphatic rings. The van der Waals surface area contributed by atoms with E-state index in [1.165, 1.54) is 0 Å². The van der Waals surface area contributed by atoms with Gasteiger partial charge in [0, 0.05) is 13.2 Å². The first-order valence-electron chi connectivity index (χ1n) is 6.55. The van der Waals surface area contributed by atoms with Gasteiger partial charge in [0.2, 0.25) is 5.91 Å². The number of unbranched alkanes of at least 4 members (excludes halogenated alkanes) is 2. The third-order valence-electron chi connectivity index (χ3n) is 3.25. The third-order valence-corrected chi connectivity index (χ3v) is 3.25. The molecule has 0 aliphatic carbocycles. The van der Waals surface area contributed by atoms with Crippen molar-refractivity contribution in [3.63, 3.8) is 0 Å². The van der Waals surface area contributed by atoms with Gasteiger partial charge in [-0.25, -0.2) is 0 Å². The van der Waals surface area contributed by atoms with Crippen molar-refractivity contribution in [1.29, 1.82) is 0 Å². The highest BCUT2D eigenvalue weighted by molar-refractivity contribution is 5.78. The fourth-order valence-corrected chi connectivity index (χ4v) is 1.40. The molecule has 0 aromatic rings. The van der Waals surface area contributed by atoms with Gasteiger partial charge < -0.3 is 15.8 Å². The van der Waals surface area contributed by atoms with Crippen LogP contribution in [0.3, 0.4) is 0 Å². The topological polar surface area (TPSA) is 64.3 Å². The van der Waals surface area contributed by atoms with Crippen molar-refractivity contribution < 1.29 is 9.53 Å². The normalized spacial score (nSPS) is 14.7. The van der Waals surface area contributed by atoms with Gasteiger partial charge in [-0.05, 0) is 19.3 Å². The Morgan fingerprint density at radius 1 is 1.41 bits per heavy atom. The van der Waals surface area contributed by atoms with Gasteiger partial charge in [-0.15, -0.1) is 0 Å². The number of nitrogens with two attached hydrogens (primary N) is 1. The highest BCUT2D eigenvalue weighted by atomic mass is 16.5. The van der Waals surface area contributed by atoms with Crippen molar-refractivity contribution in [2.75, 3.05) is 19.8 Å². The Labute approximate surface area is 105 Å². The molecule has 4 nitrogen and oxygen atoms in total. The third kappa shape index (κ3) is 6.64. The van der Waals surface area contributed by atoms with Crippen LogP contribution < -0.4 is 11.1 Å². The molecule has 1 amide bonds. The van der Waals surface area contributed by atoms with E-state index in [-0.39, 0.29) is 18.1 Å². The van der Waals surface area contributed by atoms with Crippen LogP contribution in [-0.2, 0) is 9.53 Å². The average Bonchev–Trinajstić information content (AvgIpc) is 2.28. The zero-order valence-electron chi connectivity index (χ0n) is 11.7. The predicted molar refractivity (Wildman–Crippen MR) is 70.8 cm³/mol. The van der Waals surface area contributed by atoms with E-state index in [9.17, 15) is 4.79 Å². The van der Waals surface area contributed by atoms with Gasteiger partial charge in [0.1, 0.15) is 6.61 Å². The molecule has 0 spiro atoms. The van der Waals surface area contributed by atoms with Gasteiger partial charge in [0.15, 0.2) is 0 Å². The van der Waals surface area contributed by atoms with E-state index in [2.05, 4.69) is 26.1 Å². The van der Waals surface area contributed by atoms with Gasteiger partial charge in [-0.3, -0.25) is 4.79 Å². The first-order chi connectivity index (χ1) is 7.96. The standard InChI is InChI=1S/C13H28N2O2/c1-5-6-7-8-17-9-12(16)15-13(4,10-14)11(2)3/h11H,5-10,14H2,1-4H3,(H,15,16). The number of hydrogen-bond donors (Lipinski definition) is 2. The molecule has 0 aromatic carbocycles. The Kier molecular flexibility index (Phi) is 8.17. The maximum Gasteiger partial charge on any atom is 0.246 e. The number of ether oxygens (including phenoxy) is 1. The average molecular weight is 244 g/mol. The van der Waals surface area contributed by atoms with Gasteiger partial charge in [-0.1, -0.05) is 33.6 Å². The molecule has 4 heteroatoms. The second-order valence-electron chi connectivity index (χ2n) is 5.08. The van der Waals surface area contributed by atoms with Crippen molar-refractivity contribution in [2.45, 2.75) is 52.5 Å². The molecule has 1 unspecified atom stereocenters. The molecule has 0 fully saturated rings. The van der Waals surface area contributed by atoms with Crippen molar-refractivity contribution in [3.8, 4) is 0 Å². The molecular weight excluding hydrogens is 216 g/mol. The van der Waals surface area contributed by atoms with Gasteiger partial charge in [0.05, 0.1) is 5.54 Å². The minimum absolute atomic E-state index is 0.0804. The van der Waals surface area contributed by atoms with Crippen LogP contribution in [0.4, 0.5) is 0 Å². The quantitative estimate of drug-likeness (QED) is 0.607. The first-order valence-corrected chi connectivity index (χ1v) is 6.55. The van der Waals surface area contributed by atoms with Crippen LogP contribution >= 0.6 is 0 Å². The Morgan fingerprint density at radius 2 is 2.06 bits per heavy atom. The summed E-state index contributed by atoms with van der Waals surface area (Å²) in [5, 5.41) is 2.94. The first kappa shape index (κ1) is 16.4. The van der Waals surface area contributed by atoms with E-state index in [4.69, 9.17) is 10.5 Å². The van der Waals surface area contributed by atoms with E-state index in [1.54, 1.807) is 0 Å². The highest BCUT2D eigenvalue weighted by Gasteiger charge is 2.28. The summed E-state index contributed by atoms with van der Waals surface area (Å²) in [6, 6.07) is 0. The zero-order valence-corrected chi connectivity index (χ0v) is 11.7. The minimum Gasteiger partial charge on any atom is -0.372 e. The molecule has 0 saturated carbocycles. The molecule has 1 atom stereocenters. The highest BCUT2D eigenvalue weighted by Crippen LogP contribution is 2.14. The Balaban J connectivity index is 3.84. The van der Waals surface area contributed by atoms with E-state index < -0.39 is 0 Å². The molecule has 102 valence electrons. The summed E-state index contributed by atoms with van der Waals surface area (Å²) in [5.74, 6) is 0.222. The maximum atomic E-state index is 11.7. The van der Waals surface area contributed by atoms with Crippen LogP contribution in [0.25, 0.3) is 0 Å². The molecular formula is C13H28N2O2. The number of carbonyl (C=O) groups is 1. The fourth-order valence-electron chi connectivity index (χ4n) is 1.40. The SMILES string of the molecule is CCCCCOCC(=O)NC(C)(CN)C(C)C. The Hall–Kier alpha value is -0.610. The number of carbonyl (C=O) groups excluding carboxylic acids is 1. The van der Waals surface area contributed by atoms with E-state index in [0.29, 0.717) is 19.1 Å². The minimum atomic E-state index is -0.343. The lowest BCUT2D eigenvalue weighted by Gasteiger charge is -2.33. The molecule has 0 aliphatic heterocycles. The molecule has 17 heavy (non-hydrogen) atoms. The van der Waals surface area contributed by atoms with E-state index in [0.717, 1.165) is 19.3 Å². The summed E-state index contributed by atoms with van der Waals surface area (Å²) in [6.07, 6.45) is 3.32. The van der Waals surface area contributed by atoms with Crippen molar-refractivity contribution >= 4 is 5.91 Å². The predicted octanol–water partition coefficient (Wildman–Crippen LogP) is 1.68. The lowest BCUT2D eigenvalue weighted by atomic mass is 9.88. The second kappa shape index (κ2) is 8.48. The largest absolute Gasteiger partial charge is 0.372 e. The lowest BCUT2D eigenvalue weighted by Crippen LogP contribution is -2.55. The van der Waals surface area contributed by atoms with Crippen LogP contribution in [0.2, 0.25) is 0 Å². The van der Waals surface area contributed by atoms with Crippen molar-refractivity contribution in [2.24, 2.45) is 11.7 Å². The van der Waals surface area contributed by atoms with E-state index >= 15 is 0 Å². The summed E-state index contributed by atoms with van der Waals surface area (Å²) >= 11 is 0.